The largest absolute Gasteiger partial charge is 0.389 e. The van der Waals surface area contributed by atoms with E-state index in [1.165, 1.54) is 12.1 Å². The van der Waals surface area contributed by atoms with Gasteiger partial charge < -0.3 is 5.73 Å². The predicted octanol–water partition coefficient (Wildman–Crippen LogP) is 3.08. The number of benzene rings is 1. The molecule has 0 spiro atoms. The summed E-state index contributed by atoms with van der Waals surface area (Å²) in [6.45, 7) is 4.70. The first-order chi connectivity index (χ1) is 9.74. The van der Waals surface area contributed by atoms with Crippen LogP contribution in [0.1, 0.15) is 38.7 Å². The molecule has 0 aromatic heterocycles. The minimum Gasteiger partial charge on any atom is -0.389 e. The van der Waals surface area contributed by atoms with Crippen LogP contribution < -0.4 is 10.5 Å². The summed E-state index contributed by atoms with van der Waals surface area (Å²) in [6.07, 6.45) is 2.89. The van der Waals surface area contributed by atoms with Gasteiger partial charge in [0.05, 0.1) is 5.02 Å². The lowest BCUT2D eigenvalue weighted by atomic mass is 10.1. The van der Waals surface area contributed by atoms with Crippen LogP contribution in [0.2, 0.25) is 5.02 Å². The normalized spacial score (nSPS) is 11.8. The summed E-state index contributed by atoms with van der Waals surface area (Å²) < 4.78 is 26.9. The number of sulfonamides is 1. The number of thiocarbonyl (C=S) groups is 1. The Labute approximate surface area is 137 Å². The van der Waals surface area contributed by atoms with E-state index in [0.29, 0.717) is 18.0 Å². The van der Waals surface area contributed by atoms with Crippen LogP contribution in [0.4, 0.5) is 0 Å². The zero-order valence-corrected chi connectivity index (χ0v) is 14.6. The van der Waals surface area contributed by atoms with Crippen molar-refractivity contribution in [1.82, 2.24) is 4.72 Å². The molecule has 0 bridgehead atoms. The number of hydrogen-bond acceptors (Lipinski definition) is 3. The highest BCUT2D eigenvalue weighted by Gasteiger charge is 2.17. The Morgan fingerprint density at radius 1 is 1.38 bits per heavy atom. The molecule has 0 aliphatic carbocycles. The molecule has 3 N–H and O–H groups in total. The van der Waals surface area contributed by atoms with Crippen molar-refractivity contribution < 1.29 is 8.42 Å². The van der Waals surface area contributed by atoms with Gasteiger partial charge >= 0.3 is 0 Å². The van der Waals surface area contributed by atoms with Crippen molar-refractivity contribution in [3.05, 3.63) is 28.8 Å². The van der Waals surface area contributed by atoms with Crippen LogP contribution in [0.15, 0.2) is 23.1 Å². The van der Waals surface area contributed by atoms with Crippen LogP contribution in [0.3, 0.4) is 0 Å². The van der Waals surface area contributed by atoms with Crippen LogP contribution in [0.25, 0.3) is 0 Å². The average molecular weight is 349 g/mol. The maximum absolute atomic E-state index is 12.2. The second-order valence-electron chi connectivity index (χ2n) is 5.30. The summed E-state index contributed by atoms with van der Waals surface area (Å²) >= 11 is 10.8. The Morgan fingerprint density at radius 3 is 2.57 bits per heavy atom. The maximum Gasteiger partial charge on any atom is 0.242 e. The fourth-order valence-corrected chi connectivity index (χ4v) is 3.58. The van der Waals surface area contributed by atoms with E-state index in [0.717, 1.165) is 19.3 Å². The fourth-order valence-electron chi connectivity index (χ4n) is 1.83. The Bertz CT molecular complexity index is 601. The molecule has 1 aromatic rings. The molecule has 0 aliphatic heterocycles. The molecule has 21 heavy (non-hydrogen) atoms. The molecule has 0 amide bonds. The molecular formula is C14H21ClN2O2S2. The van der Waals surface area contributed by atoms with Gasteiger partial charge in [-0.3, -0.25) is 0 Å². The molecule has 1 aromatic carbocycles. The smallest absolute Gasteiger partial charge is 0.242 e. The summed E-state index contributed by atoms with van der Waals surface area (Å²) in [4.78, 5) is 0.232. The van der Waals surface area contributed by atoms with Crippen LogP contribution in [-0.4, -0.2) is 20.0 Å². The van der Waals surface area contributed by atoms with E-state index in [2.05, 4.69) is 18.6 Å². The predicted molar refractivity (Wildman–Crippen MR) is 91.2 cm³/mol. The van der Waals surface area contributed by atoms with E-state index in [1.807, 2.05) is 0 Å². The Hall–Kier alpha value is -0.690. The fraction of sp³-hybridized carbons (Fsp3) is 0.500. The molecule has 1 rings (SSSR count). The van der Waals surface area contributed by atoms with Gasteiger partial charge in [-0.25, -0.2) is 13.1 Å². The van der Waals surface area contributed by atoms with Crippen LogP contribution in [0, 0.1) is 5.92 Å². The van der Waals surface area contributed by atoms with Crippen LogP contribution in [-0.2, 0) is 10.0 Å². The quantitative estimate of drug-likeness (QED) is 0.559. The monoisotopic (exact) mass is 348 g/mol. The SMILES string of the molecule is CC(C)CCCCNS(=O)(=O)c1ccc(C(N)=S)cc1Cl. The van der Waals surface area contributed by atoms with E-state index in [1.54, 1.807) is 6.07 Å². The summed E-state index contributed by atoms with van der Waals surface area (Å²) in [5.41, 5.74) is 6.03. The topological polar surface area (TPSA) is 72.2 Å². The highest BCUT2D eigenvalue weighted by Crippen LogP contribution is 2.22. The van der Waals surface area contributed by atoms with Gasteiger partial charge in [0.1, 0.15) is 9.88 Å². The molecular weight excluding hydrogens is 328 g/mol. The lowest BCUT2D eigenvalue weighted by Gasteiger charge is -2.10. The summed E-state index contributed by atoms with van der Waals surface area (Å²) in [7, 11) is -3.60. The number of nitrogens with one attached hydrogen (secondary N) is 1. The molecule has 7 heteroatoms. The second kappa shape index (κ2) is 8.08. The van der Waals surface area contributed by atoms with Crippen LogP contribution in [0.5, 0.6) is 0 Å². The van der Waals surface area contributed by atoms with E-state index >= 15 is 0 Å². The third-order valence-electron chi connectivity index (χ3n) is 3.01. The van der Waals surface area contributed by atoms with Gasteiger partial charge in [-0.2, -0.15) is 0 Å². The van der Waals surface area contributed by atoms with E-state index in [9.17, 15) is 8.42 Å². The molecule has 4 nitrogen and oxygen atoms in total. The molecule has 0 saturated carbocycles. The van der Waals surface area contributed by atoms with Gasteiger partial charge in [0.15, 0.2) is 0 Å². The number of rotatable bonds is 8. The zero-order valence-electron chi connectivity index (χ0n) is 12.2. The van der Waals surface area contributed by atoms with E-state index < -0.39 is 10.0 Å². The minimum atomic E-state index is -3.60. The van der Waals surface area contributed by atoms with Crippen molar-refractivity contribution >= 4 is 38.8 Å². The van der Waals surface area contributed by atoms with Crippen molar-refractivity contribution in [3.63, 3.8) is 0 Å². The molecule has 0 fully saturated rings. The first kappa shape index (κ1) is 18.4. The number of unbranched alkanes of at least 4 members (excludes halogenated alkanes) is 1. The summed E-state index contributed by atoms with van der Waals surface area (Å²) in [5, 5.41) is 0.120. The Balaban J connectivity index is 2.68. The summed E-state index contributed by atoms with van der Waals surface area (Å²) in [6, 6.07) is 4.45. The standard InChI is InChI=1S/C14H21ClN2O2S2/c1-10(2)5-3-4-8-17-21(18,19)13-7-6-11(14(16)20)9-12(13)15/h6-7,9-10,17H,3-5,8H2,1-2H3,(H2,16,20). The molecule has 0 radical (unpaired) electrons. The molecule has 0 atom stereocenters. The Kier molecular flexibility index (Phi) is 7.06. The van der Waals surface area contributed by atoms with Crippen molar-refractivity contribution in [3.8, 4) is 0 Å². The second-order valence-corrected chi connectivity index (χ2v) is 7.88. The van der Waals surface area contributed by atoms with Crippen molar-refractivity contribution in [2.45, 2.75) is 38.0 Å². The van der Waals surface area contributed by atoms with Crippen molar-refractivity contribution in [2.75, 3.05) is 6.54 Å². The van der Waals surface area contributed by atoms with Crippen molar-refractivity contribution in [2.24, 2.45) is 11.7 Å². The van der Waals surface area contributed by atoms with Gasteiger partial charge in [0.2, 0.25) is 10.0 Å². The number of nitrogens with two attached hydrogens (primary N) is 1. The summed E-state index contributed by atoms with van der Waals surface area (Å²) in [5.74, 6) is 0.628. The molecule has 0 saturated heterocycles. The first-order valence-electron chi connectivity index (χ1n) is 6.83. The van der Waals surface area contributed by atoms with Gasteiger partial charge in [0, 0.05) is 12.1 Å². The van der Waals surface area contributed by atoms with Gasteiger partial charge in [-0.1, -0.05) is 56.6 Å². The molecule has 118 valence electrons. The zero-order chi connectivity index (χ0) is 16.0. The maximum atomic E-state index is 12.2. The number of halogens is 1. The highest BCUT2D eigenvalue weighted by molar-refractivity contribution is 7.89. The third-order valence-corrected chi connectivity index (χ3v) is 5.19. The lowest BCUT2D eigenvalue weighted by Crippen LogP contribution is -2.25. The average Bonchev–Trinajstić information content (AvgIpc) is 2.37. The van der Waals surface area contributed by atoms with Gasteiger partial charge in [-0.15, -0.1) is 0 Å². The highest BCUT2D eigenvalue weighted by atomic mass is 35.5. The van der Waals surface area contributed by atoms with E-state index in [4.69, 9.17) is 29.6 Å². The molecule has 0 aliphatic rings. The lowest BCUT2D eigenvalue weighted by molar-refractivity contribution is 0.530. The van der Waals surface area contributed by atoms with E-state index in [-0.39, 0.29) is 14.9 Å². The van der Waals surface area contributed by atoms with Gasteiger partial charge in [-0.05, 0) is 24.5 Å². The van der Waals surface area contributed by atoms with Gasteiger partial charge in [0.25, 0.3) is 0 Å². The first-order valence-corrected chi connectivity index (χ1v) is 9.10. The van der Waals surface area contributed by atoms with Crippen LogP contribution >= 0.6 is 23.8 Å². The Morgan fingerprint density at radius 2 is 2.05 bits per heavy atom. The third kappa shape index (κ3) is 5.90. The number of hydrogen-bond donors (Lipinski definition) is 2. The van der Waals surface area contributed by atoms with Crippen molar-refractivity contribution in [1.29, 1.82) is 0 Å². The molecule has 0 heterocycles. The molecule has 0 unspecified atom stereocenters. The minimum absolute atomic E-state index is 0.0491.